The molecule has 2 heterocycles. The number of nitrogens with zero attached hydrogens (tertiary/aromatic N) is 3. The maximum atomic E-state index is 13.4. The van der Waals surface area contributed by atoms with E-state index in [2.05, 4.69) is 9.88 Å². The van der Waals surface area contributed by atoms with Crippen LogP contribution in [0.5, 0.6) is 5.75 Å². The summed E-state index contributed by atoms with van der Waals surface area (Å²) in [6.07, 6.45) is 1.61. The highest BCUT2D eigenvalue weighted by molar-refractivity contribution is 5.94. The van der Waals surface area contributed by atoms with Crippen LogP contribution >= 0.6 is 0 Å². The van der Waals surface area contributed by atoms with Gasteiger partial charge in [-0.15, -0.1) is 0 Å². The Balaban J connectivity index is 1.34. The van der Waals surface area contributed by atoms with E-state index < -0.39 is 0 Å². The molecule has 150 valence electrons. The van der Waals surface area contributed by atoms with E-state index in [9.17, 15) is 9.18 Å². The number of aromatic nitrogens is 1. The third-order valence-corrected chi connectivity index (χ3v) is 4.99. The summed E-state index contributed by atoms with van der Waals surface area (Å²) in [6.45, 7) is 3.41. The lowest BCUT2D eigenvalue weighted by atomic mass is 10.1. The molecule has 4 rings (SSSR count). The molecule has 7 heteroatoms. The molecule has 0 atom stereocenters. The van der Waals surface area contributed by atoms with Crippen LogP contribution in [0.1, 0.15) is 16.1 Å². The quantitative estimate of drug-likeness (QED) is 0.662. The second kappa shape index (κ2) is 8.45. The number of benzene rings is 2. The predicted molar refractivity (Wildman–Crippen MR) is 106 cm³/mol. The summed E-state index contributed by atoms with van der Waals surface area (Å²) in [6, 6.07) is 13.4. The number of methoxy groups -OCH3 is 1. The highest BCUT2D eigenvalue weighted by atomic mass is 19.1. The second-order valence-electron chi connectivity index (χ2n) is 6.95. The first kappa shape index (κ1) is 19.1. The third-order valence-electron chi connectivity index (χ3n) is 4.99. The molecule has 0 saturated carbocycles. The average molecular weight is 395 g/mol. The molecule has 1 amide bonds. The van der Waals surface area contributed by atoms with Crippen molar-refractivity contribution in [2.75, 3.05) is 33.3 Å². The van der Waals surface area contributed by atoms with Crippen LogP contribution in [0.4, 0.5) is 4.39 Å². The van der Waals surface area contributed by atoms with Gasteiger partial charge in [-0.05, 0) is 36.4 Å². The zero-order chi connectivity index (χ0) is 20.2. The Morgan fingerprint density at radius 3 is 2.69 bits per heavy atom. The van der Waals surface area contributed by atoms with Crippen LogP contribution in [-0.4, -0.2) is 54.0 Å². The molecule has 1 aliphatic heterocycles. The Morgan fingerprint density at radius 2 is 1.93 bits per heavy atom. The molecule has 0 bridgehead atoms. The van der Waals surface area contributed by atoms with Crippen molar-refractivity contribution >= 4 is 5.91 Å². The number of carbonyl (C=O) groups excluding carboxylic acids is 1. The smallest absolute Gasteiger partial charge is 0.254 e. The second-order valence-corrected chi connectivity index (χ2v) is 6.95. The van der Waals surface area contributed by atoms with E-state index in [1.54, 1.807) is 37.6 Å². The number of carbonyl (C=O) groups is 1. The van der Waals surface area contributed by atoms with E-state index >= 15 is 0 Å². The van der Waals surface area contributed by atoms with Crippen molar-refractivity contribution < 1.29 is 18.3 Å². The number of piperazine rings is 1. The van der Waals surface area contributed by atoms with E-state index in [0.717, 1.165) is 18.8 Å². The van der Waals surface area contributed by atoms with Gasteiger partial charge in [-0.25, -0.2) is 9.37 Å². The molecule has 0 spiro atoms. The summed E-state index contributed by atoms with van der Waals surface area (Å²) >= 11 is 0. The molecule has 2 aromatic carbocycles. The Morgan fingerprint density at radius 1 is 1.14 bits per heavy atom. The Hall–Kier alpha value is -3.19. The maximum absolute atomic E-state index is 13.4. The van der Waals surface area contributed by atoms with E-state index in [-0.39, 0.29) is 11.7 Å². The van der Waals surface area contributed by atoms with E-state index in [1.807, 2.05) is 17.0 Å². The van der Waals surface area contributed by atoms with Gasteiger partial charge in [0.1, 0.15) is 17.8 Å². The number of oxazole rings is 1. The van der Waals surface area contributed by atoms with Crippen molar-refractivity contribution in [2.24, 2.45) is 0 Å². The Bertz CT molecular complexity index is 996. The third kappa shape index (κ3) is 4.46. The average Bonchev–Trinajstić information content (AvgIpc) is 3.22. The Labute approximate surface area is 168 Å². The van der Waals surface area contributed by atoms with E-state index in [1.165, 1.54) is 12.1 Å². The van der Waals surface area contributed by atoms with E-state index in [0.29, 0.717) is 42.4 Å². The lowest BCUT2D eigenvalue weighted by Crippen LogP contribution is -2.48. The number of halogens is 1. The van der Waals surface area contributed by atoms with Crippen molar-refractivity contribution in [3.05, 3.63) is 71.9 Å². The van der Waals surface area contributed by atoms with Gasteiger partial charge in [-0.2, -0.15) is 0 Å². The molecule has 0 unspecified atom stereocenters. The first-order valence-corrected chi connectivity index (χ1v) is 9.48. The maximum Gasteiger partial charge on any atom is 0.254 e. The zero-order valence-corrected chi connectivity index (χ0v) is 16.2. The summed E-state index contributed by atoms with van der Waals surface area (Å²) in [4.78, 5) is 21.3. The molecular formula is C22H22FN3O3. The fraction of sp³-hybridized carbons (Fsp3) is 0.273. The van der Waals surface area contributed by atoms with Gasteiger partial charge in [0.15, 0.2) is 0 Å². The molecule has 0 radical (unpaired) electrons. The summed E-state index contributed by atoms with van der Waals surface area (Å²) in [5.74, 6) is 0.776. The summed E-state index contributed by atoms with van der Waals surface area (Å²) in [5.41, 5.74) is 2.04. The standard InChI is InChI=1S/C22H22FN3O3/c1-28-20-7-3-5-17(13-20)22(27)26-10-8-25(9-11-26)14-19-15-29-21(24-19)16-4-2-6-18(23)12-16/h2-7,12-13,15H,8-11,14H2,1H3. The fourth-order valence-electron chi connectivity index (χ4n) is 3.41. The largest absolute Gasteiger partial charge is 0.497 e. The van der Waals surface area contributed by atoms with Crippen molar-refractivity contribution in [3.8, 4) is 17.2 Å². The van der Waals surface area contributed by atoms with Crippen molar-refractivity contribution in [3.63, 3.8) is 0 Å². The molecule has 0 N–H and O–H groups in total. The van der Waals surface area contributed by atoms with Crippen LogP contribution < -0.4 is 4.74 Å². The van der Waals surface area contributed by atoms with Crippen LogP contribution in [0.25, 0.3) is 11.5 Å². The molecule has 3 aromatic rings. The highest BCUT2D eigenvalue weighted by Crippen LogP contribution is 2.21. The van der Waals surface area contributed by atoms with Gasteiger partial charge in [0.25, 0.3) is 5.91 Å². The first-order valence-electron chi connectivity index (χ1n) is 9.48. The summed E-state index contributed by atoms with van der Waals surface area (Å²) in [7, 11) is 1.59. The number of amides is 1. The van der Waals surface area contributed by atoms with Gasteiger partial charge in [0.2, 0.25) is 5.89 Å². The monoisotopic (exact) mass is 395 g/mol. The fourth-order valence-corrected chi connectivity index (χ4v) is 3.41. The van der Waals surface area contributed by atoms with Crippen LogP contribution in [0.3, 0.4) is 0 Å². The minimum absolute atomic E-state index is 0.0124. The van der Waals surface area contributed by atoms with Crippen LogP contribution in [-0.2, 0) is 6.54 Å². The number of ether oxygens (including phenoxy) is 1. The minimum atomic E-state index is -0.320. The topological polar surface area (TPSA) is 58.8 Å². The number of hydrogen-bond acceptors (Lipinski definition) is 5. The Kier molecular flexibility index (Phi) is 5.57. The molecule has 1 fully saturated rings. The van der Waals surface area contributed by atoms with Crippen LogP contribution in [0, 0.1) is 5.82 Å². The van der Waals surface area contributed by atoms with Gasteiger partial charge in [0, 0.05) is 43.9 Å². The van der Waals surface area contributed by atoms with Crippen molar-refractivity contribution in [1.29, 1.82) is 0 Å². The van der Waals surface area contributed by atoms with Crippen LogP contribution in [0.15, 0.2) is 59.2 Å². The number of hydrogen-bond donors (Lipinski definition) is 0. The minimum Gasteiger partial charge on any atom is -0.497 e. The van der Waals surface area contributed by atoms with Gasteiger partial charge >= 0.3 is 0 Å². The molecule has 1 saturated heterocycles. The van der Waals surface area contributed by atoms with Crippen LogP contribution in [0.2, 0.25) is 0 Å². The summed E-state index contributed by atoms with van der Waals surface area (Å²) in [5, 5.41) is 0. The normalized spacial score (nSPS) is 14.8. The number of rotatable bonds is 5. The zero-order valence-electron chi connectivity index (χ0n) is 16.2. The highest BCUT2D eigenvalue weighted by Gasteiger charge is 2.23. The van der Waals surface area contributed by atoms with Gasteiger partial charge in [-0.3, -0.25) is 9.69 Å². The van der Waals surface area contributed by atoms with Gasteiger partial charge in [0.05, 0.1) is 12.8 Å². The molecule has 1 aliphatic rings. The SMILES string of the molecule is COc1cccc(C(=O)N2CCN(Cc3coc(-c4cccc(F)c4)n3)CC2)c1. The molecule has 29 heavy (non-hydrogen) atoms. The molecule has 0 aliphatic carbocycles. The van der Waals surface area contributed by atoms with Crippen molar-refractivity contribution in [2.45, 2.75) is 6.54 Å². The van der Waals surface area contributed by atoms with E-state index in [4.69, 9.17) is 9.15 Å². The molecular weight excluding hydrogens is 373 g/mol. The summed E-state index contributed by atoms with van der Waals surface area (Å²) < 4.78 is 24.1. The first-order chi connectivity index (χ1) is 14.1. The lowest BCUT2D eigenvalue weighted by molar-refractivity contribution is 0.0626. The lowest BCUT2D eigenvalue weighted by Gasteiger charge is -2.34. The predicted octanol–water partition coefficient (Wildman–Crippen LogP) is 3.45. The van der Waals surface area contributed by atoms with Crippen molar-refractivity contribution in [1.82, 2.24) is 14.8 Å². The molecule has 1 aromatic heterocycles. The van der Waals surface area contributed by atoms with Gasteiger partial charge in [-0.1, -0.05) is 12.1 Å². The molecule has 6 nitrogen and oxygen atoms in total. The van der Waals surface area contributed by atoms with Gasteiger partial charge < -0.3 is 14.1 Å².